The zero-order valence-electron chi connectivity index (χ0n) is 10.4. The maximum absolute atomic E-state index is 12.4. The van der Waals surface area contributed by atoms with Gasteiger partial charge in [0.1, 0.15) is 10.4 Å². The van der Waals surface area contributed by atoms with Crippen LogP contribution in [0.1, 0.15) is 19.4 Å². The largest absolute Gasteiger partial charge is 0.480 e. The van der Waals surface area contributed by atoms with Crippen LogP contribution in [0.4, 0.5) is 0 Å². The number of thiophene rings is 1. The highest BCUT2D eigenvalue weighted by Gasteiger charge is 2.33. The van der Waals surface area contributed by atoms with E-state index in [-0.39, 0.29) is 0 Å². The smallest absolute Gasteiger partial charge is 0.330 e. The van der Waals surface area contributed by atoms with Crippen molar-refractivity contribution >= 4 is 43.5 Å². The molecule has 0 aliphatic heterocycles. The Kier molecular flexibility index (Phi) is 3.18. The summed E-state index contributed by atoms with van der Waals surface area (Å²) >= 11 is 4.54. The molecule has 0 amide bonds. The van der Waals surface area contributed by atoms with Crippen molar-refractivity contribution < 1.29 is 9.90 Å². The van der Waals surface area contributed by atoms with Crippen molar-refractivity contribution in [1.82, 2.24) is 9.55 Å². The lowest BCUT2D eigenvalue weighted by molar-refractivity contribution is -0.146. The molecule has 0 saturated carbocycles. The van der Waals surface area contributed by atoms with Gasteiger partial charge in [-0.05, 0) is 42.3 Å². The lowest BCUT2D eigenvalue weighted by atomic mass is 10.1. The number of halogens is 1. The van der Waals surface area contributed by atoms with Crippen molar-refractivity contribution in [3.8, 4) is 0 Å². The Morgan fingerprint density at radius 2 is 2.00 bits per heavy atom. The van der Waals surface area contributed by atoms with Crippen LogP contribution in [0, 0.1) is 6.92 Å². The highest BCUT2D eigenvalue weighted by molar-refractivity contribution is 9.11. The topological polar surface area (TPSA) is 92.2 Å². The van der Waals surface area contributed by atoms with Crippen LogP contribution in [-0.4, -0.2) is 20.6 Å². The van der Waals surface area contributed by atoms with Gasteiger partial charge < -0.3 is 5.11 Å². The first-order valence-electron chi connectivity index (χ1n) is 5.35. The number of aryl methyl sites for hydroxylation is 1. The fraction of sp³-hybridized carbons (Fsp3) is 0.364. The maximum Gasteiger partial charge on any atom is 0.330 e. The summed E-state index contributed by atoms with van der Waals surface area (Å²) in [6, 6.07) is 0. The fourth-order valence-electron chi connectivity index (χ4n) is 1.79. The van der Waals surface area contributed by atoms with Gasteiger partial charge in [-0.3, -0.25) is 9.78 Å². The SMILES string of the molecule is Cc1c(Br)sc2[nH]c(=O)n(C(C)(C)C(=O)O)c(=O)c12. The molecular weight excluding hydrogens is 336 g/mol. The van der Waals surface area contributed by atoms with E-state index in [1.165, 1.54) is 25.2 Å². The molecule has 0 atom stereocenters. The third-order valence-corrected chi connectivity index (χ3v) is 5.09. The van der Waals surface area contributed by atoms with E-state index in [0.717, 1.165) is 8.35 Å². The number of nitrogens with zero attached hydrogens (tertiary/aromatic N) is 1. The van der Waals surface area contributed by atoms with Crippen molar-refractivity contribution in [2.45, 2.75) is 26.3 Å². The van der Waals surface area contributed by atoms with Crippen LogP contribution in [0.2, 0.25) is 0 Å². The van der Waals surface area contributed by atoms with E-state index in [9.17, 15) is 19.5 Å². The lowest BCUT2D eigenvalue weighted by Gasteiger charge is -2.21. The highest BCUT2D eigenvalue weighted by atomic mass is 79.9. The first-order valence-corrected chi connectivity index (χ1v) is 6.96. The van der Waals surface area contributed by atoms with Gasteiger partial charge in [-0.1, -0.05) is 0 Å². The van der Waals surface area contributed by atoms with E-state index >= 15 is 0 Å². The minimum absolute atomic E-state index is 0.339. The van der Waals surface area contributed by atoms with Gasteiger partial charge in [-0.2, -0.15) is 0 Å². The number of aromatic nitrogens is 2. The normalized spacial score (nSPS) is 12.0. The number of carboxylic acids is 1. The molecule has 0 aromatic carbocycles. The van der Waals surface area contributed by atoms with E-state index in [1.54, 1.807) is 6.92 Å². The van der Waals surface area contributed by atoms with Gasteiger partial charge in [-0.25, -0.2) is 14.2 Å². The zero-order chi connectivity index (χ0) is 14.5. The molecule has 2 aromatic heterocycles. The summed E-state index contributed by atoms with van der Waals surface area (Å²) in [6.07, 6.45) is 0. The van der Waals surface area contributed by atoms with Crippen molar-refractivity contribution in [2.24, 2.45) is 0 Å². The third-order valence-electron chi connectivity index (χ3n) is 3.01. The van der Waals surface area contributed by atoms with Gasteiger partial charge in [0.05, 0.1) is 9.17 Å². The van der Waals surface area contributed by atoms with E-state index in [0.29, 0.717) is 15.8 Å². The van der Waals surface area contributed by atoms with Crippen molar-refractivity contribution in [1.29, 1.82) is 0 Å². The van der Waals surface area contributed by atoms with E-state index in [2.05, 4.69) is 20.9 Å². The number of rotatable bonds is 2. The number of aliphatic carboxylic acids is 1. The molecule has 2 rings (SSSR count). The molecule has 102 valence electrons. The molecular formula is C11H11BrN2O4S. The van der Waals surface area contributed by atoms with Gasteiger partial charge in [0.2, 0.25) is 0 Å². The summed E-state index contributed by atoms with van der Waals surface area (Å²) in [6.45, 7) is 4.36. The Balaban J connectivity index is 3.00. The van der Waals surface area contributed by atoms with Crippen molar-refractivity contribution in [3.05, 3.63) is 30.2 Å². The number of carboxylic acid groups (broad SMARTS) is 1. The second-order valence-electron chi connectivity index (χ2n) is 4.64. The summed E-state index contributed by atoms with van der Waals surface area (Å²) in [5.74, 6) is -1.24. The van der Waals surface area contributed by atoms with Gasteiger partial charge in [-0.15, -0.1) is 11.3 Å². The number of hydrogen-bond donors (Lipinski definition) is 2. The van der Waals surface area contributed by atoms with Crippen LogP contribution in [0.25, 0.3) is 10.2 Å². The summed E-state index contributed by atoms with van der Waals surface area (Å²) in [4.78, 5) is 38.6. The number of hydrogen-bond acceptors (Lipinski definition) is 4. The van der Waals surface area contributed by atoms with Crippen LogP contribution in [0.15, 0.2) is 13.4 Å². The molecule has 19 heavy (non-hydrogen) atoms. The first-order chi connectivity index (χ1) is 8.67. The summed E-state index contributed by atoms with van der Waals surface area (Å²) in [5, 5.41) is 9.51. The van der Waals surface area contributed by atoms with Crippen molar-refractivity contribution in [3.63, 3.8) is 0 Å². The Hall–Kier alpha value is -1.41. The van der Waals surface area contributed by atoms with Crippen molar-refractivity contribution in [2.75, 3.05) is 0 Å². The first kappa shape index (κ1) is 14.0. The predicted octanol–water partition coefficient (Wildman–Crippen LogP) is 1.64. The van der Waals surface area contributed by atoms with Crippen LogP contribution < -0.4 is 11.2 Å². The lowest BCUT2D eigenvalue weighted by Crippen LogP contribution is -2.50. The quantitative estimate of drug-likeness (QED) is 0.864. The van der Waals surface area contributed by atoms with Crippen LogP contribution in [0.5, 0.6) is 0 Å². The predicted molar refractivity (Wildman–Crippen MR) is 76.1 cm³/mol. The molecule has 0 aliphatic carbocycles. The second kappa shape index (κ2) is 4.31. The molecule has 8 heteroatoms. The standard InChI is InChI=1S/C11H11BrN2O4S/c1-4-5-7(19-6(4)12)13-10(18)14(8(5)15)11(2,3)9(16)17/h1-3H3,(H,13,18)(H,16,17). The van der Waals surface area contributed by atoms with E-state index in [4.69, 9.17) is 0 Å². The number of carbonyl (C=O) groups is 1. The Labute approximate surface area is 119 Å². The Morgan fingerprint density at radius 3 is 2.53 bits per heavy atom. The van der Waals surface area contributed by atoms with Gasteiger partial charge in [0.25, 0.3) is 5.56 Å². The molecule has 0 spiro atoms. The van der Waals surface area contributed by atoms with Crippen LogP contribution in [0.3, 0.4) is 0 Å². The molecule has 6 nitrogen and oxygen atoms in total. The average Bonchev–Trinajstić information content (AvgIpc) is 2.53. The van der Waals surface area contributed by atoms with Crippen LogP contribution in [-0.2, 0) is 10.3 Å². The molecule has 0 saturated heterocycles. The highest BCUT2D eigenvalue weighted by Crippen LogP contribution is 2.31. The molecule has 0 aliphatic rings. The average molecular weight is 347 g/mol. The van der Waals surface area contributed by atoms with Gasteiger partial charge in [0.15, 0.2) is 0 Å². The number of aromatic amines is 1. The molecule has 0 fully saturated rings. The van der Waals surface area contributed by atoms with E-state index < -0.39 is 22.8 Å². The van der Waals surface area contributed by atoms with E-state index in [1.807, 2.05) is 0 Å². The van der Waals surface area contributed by atoms with Crippen LogP contribution >= 0.6 is 27.3 Å². The molecule has 0 unspecified atom stereocenters. The summed E-state index contributed by atoms with van der Waals surface area (Å²) < 4.78 is 1.48. The monoisotopic (exact) mass is 346 g/mol. The van der Waals surface area contributed by atoms with Gasteiger partial charge >= 0.3 is 11.7 Å². The number of nitrogens with one attached hydrogen (secondary N) is 1. The maximum atomic E-state index is 12.4. The molecule has 0 radical (unpaired) electrons. The molecule has 2 heterocycles. The molecule has 0 bridgehead atoms. The number of fused-ring (bicyclic) bond motifs is 1. The Bertz CT molecular complexity index is 799. The zero-order valence-corrected chi connectivity index (χ0v) is 12.8. The second-order valence-corrected chi connectivity index (χ2v) is 6.98. The molecule has 2 N–H and O–H groups in total. The minimum Gasteiger partial charge on any atom is -0.480 e. The fourth-order valence-corrected chi connectivity index (χ4v) is 3.39. The summed E-state index contributed by atoms with van der Waals surface area (Å²) in [5.41, 5.74) is -2.24. The minimum atomic E-state index is -1.61. The Morgan fingerprint density at radius 1 is 1.42 bits per heavy atom. The number of H-pyrrole nitrogens is 1. The third kappa shape index (κ3) is 1.95. The van der Waals surface area contributed by atoms with Gasteiger partial charge in [0, 0.05) is 0 Å². The molecule has 2 aromatic rings. The summed E-state index contributed by atoms with van der Waals surface area (Å²) in [7, 11) is 0.